The first kappa shape index (κ1) is 11.3. The lowest BCUT2D eigenvalue weighted by Crippen LogP contribution is -2.36. The van der Waals surface area contributed by atoms with Gasteiger partial charge in [-0.05, 0) is 44.4 Å². The van der Waals surface area contributed by atoms with Crippen molar-refractivity contribution in [1.29, 1.82) is 0 Å². The fraction of sp³-hybridized carbons (Fsp3) is 0.571. The second-order valence-corrected chi connectivity index (χ2v) is 5.32. The van der Waals surface area contributed by atoms with Crippen LogP contribution in [0.25, 0.3) is 0 Å². The fourth-order valence-corrected chi connectivity index (χ4v) is 2.52. The van der Waals surface area contributed by atoms with Crippen molar-refractivity contribution in [3.63, 3.8) is 0 Å². The molecular weight excluding hydrogens is 196 g/mol. The second-order valence-electron chi connectivity index (χ2n) is 5.32. The Morgan fingerprint density at radius 2 is 1.88 bits per heavy atom. The number of nitrogen functional groups attached to an aromatic ring is 1. The first-order valence-corrected chi connectivity index (χ1v) is 6.23. The molecule has 1 fully saturated rings. The zero-order valence-corrected chi connectivity index (χ0v) is 10.3. The van der Waals surface area contributed by atoms with Crippen molar-refractivity contribution in [3.05, 3.63) is 23.8 Å². The highest BCUT2D eigenvalue weighted by Gasteiger charge is 2.26. The third-order valence-electron chi connectivity index (χ3n) is 3.68. The van der Waals surface area contributed by atoms with E-state index in [1.54, 1.807) is 0 Å². The molecule has 1 aliphatic rings. The maximum absolute atomic E-state index is 5.93. The highest BCUT2D eigenvalue weighted by molar-refractivity contribution is 5.59. The summed E-state index contributed by atoms with van der Waals surface area (Å²) in [5.74, 6) is 0. The fourth-order valence-electron chi connectivity index (χ4n) is 2.52. The summed E-state index contributed by atoms with van der Waals surface area (Å²) in [5.41, 5.74) is 9.38. The number of nitrogens with two attached hydrogens (primary N) is 1. The number of rotatable bonds is 2. The Morgan fingerprint density at radius 1 is 1.19 bits per heavy atom. The molecule has 1 saturated carbocycles. The van der Waals surface area contributed by atoms with Gasteiger partial charge in [-0.3, -0.25) is 0 Å². The predicted octanol–water partition coefficient (Wildman–Crippen LogP) is 3.71. The largest absolute Gasteiger partial charge is 0.398 e. The van der Waals surface area contributed by atoms with Crippen molar-refractivity contribution >= 4 is 11.4 Å². The Bertz CT molecular complexity index is 365. The minimum atomic E-state index is 0.264. The molecule has 16 heavy (non-hydrogen) atoms. The lowest BCUT2D eigenvalue weighted by molar-refractivity contribution is 0.349. The molecule has 1 aromatic rings. The van der Waals surface area contributed by atoms with Crippen LogP contribution in [-0.4, -0.2) is 5.54 Å². The molecule has 2 rings (SSSR count). The molecule has 88 valence electrons. The van der Waals surface area contributed by atoms with Gasteiger partial charge in [0, 0.05) is 16.9 Å². The molecule has 0 heterocycles. The number of anilines is 2. The summed E-state index contributed by atoms with van der Waals surface area (Å²) in [4.78, 5) is 0. The average molecular weight is 218 g/mol. The van der Waals surface area contributed by atoms with Gasteiger partial charge >= 0.3 is 0 Å². The standard InChI is InChI=1S/C14H22N2/c1-11-6-7-12(10-13(11)15)16-14(2)8-4-3-5-9-14/h6-7,10,16H,3-5,8-9,15H2,1-2H3. The van der Waals surface area contributed by atoms with Crippen molar-refractivity contribution < 1.29 is 0 Å². The van der Waals surface area contributed by atoms with Crippen LogP contribution >= 0.6 is 0 Å². The summed E-state index contributed by atoms with van der Waals surface area (Å²) in [6.45, 7) is 4.36. The maximum atomic E-state index is 5.93. The molecule has 0 unspecified atom stereocenters. The number of hydrogen-bond donors (Lipinski definition) is 2. The molecule has 0 atom stereocenters. The van der Waals surface area contributed by atoms with Gasteiger partial charge in [0.2, 0.25) is 0 Å². The van der Waals surface area contributed by atoms with Crippen LogP contribution in [0.4, 0.5) is 11.4 Å². The van der Waals surface area contributed by atoms with Crippen LogP contribution in [0.5, 0.6) is 0 Å². The van der Waals surface area contributed by atoms with E-state index in [-0.39, 0.29) is 5.54 Å². The van der Waals surface area contributed by atoms with E-state index in [0.29, 0.717) is 0 Å². The van der Waals surface area contributed by atoms with E-state index in [1.165, 1.54) is 32.1 Å². The Balaban J connectivity index is 2.10. The molecular formula is C14H22N2. The smallest absolute Gasteiger partial charge is 0.0365 e. The molecule has 2 nitrogen and oxygen atoms in total. The van der Waals surface area contributed by atoms with Crippen molar-refractivity contribution in [2.24, 2.45) is 0 Å². The van der Waals surface area contributed by atoms with Gasteiger partial charge in [0.05, 0.1) is 0 Å². The molecule has 1 aliphatic carbocycles. The van der Waals surface area contributed by atoms with E-state index in [2.05, 4.69) is 30.4 Å². The molecule has 0 amide bonds. The van der Waals surface area contributed by atoms with Gasteiger partial charge in [0.25, 0.3) is 0 Å². The minimum Gasteiger partial charge on any atom is -0.398 e. The van der Waals surface area contributed by atoms with Crippen molar-refractivity contribution in [2.75, 3.05) is 11.1 Å². The van der Waals surface area contributed by atoms with E-state index >= 15 is 0 Å². The van der Waals surface area contributed by atoms with E-state index in [9.17, 15) is 0 Å². The van der Waals surface area contributed by atoms with Crippen molar-refractivity contribution in [3.8, 4) is 0 Å². The zero-order chi connectivity index (χ0) is 11.6. The maximum Gasteiger partial charge on any atom is 0.0365 e. The molecule has 0 aliphatic heterocycles. The third kappa shape index (κ3) is 2.49. The molecule has 2 heteroatoms. The Kier molecular flexibility index (Phi) is 3.08. The van der Waals surface area contributed by atoms with Crippen LogP contribution in [0.15, 0.2) is 18.2 Å². The summed E-state index contributed by atoms with van der Waals surface area (Å²) in [6, 6.07) is 6.27. The number of nitrogens with one attached hydrogen (secondary N) is 1. The highest BCUT2D eigenvalue weighted by atomic mass is 15.0. The molecule has 0 radical (unpaired) electrons. The Labute approximate surface area is 98.2 Å². The number of aryl methyl sites for hydroxylation is 1. The SMILES string of the molecule is Cc1ccc(NC2(C)CCCCC2)cc1N. The normalized spacial score (nSPS) is 19.4. The first-order valence-electron chi connectivity index (χ1n) is 6.23. The zero-order valence-electron chi connectivity index (χ0n) is 10.3. The predicted molar refractivity (Wildman–Crippen MR) is 70.7 cm³/mol. The van der Waals surface area contributed by atoms with Crippen LogP contribution in [0, 0.1) is 6.92 Å². The molecule has 0 aromatic heterocycles. The van der Waals surface area contributed by atoms with E-state index < -0.39 is 0 Å². The van der Waals surface area contributed by atoms with Crippen LogP contribution < -0.4 is 11.1 Å². The van der Waals surface area contributed by atoms with Gasteiger partial charge < -0.3 is 11.1 Å². The van der Waals surface area contributed by atoms with Gasteiger partial charge in [-0.15, -0.1) is 0 Å². The summed E-state index contributed by atoms with van der Waals surface area (Å²) < 4.78 is 0. The Hall–Kier alpha value is -1.18. The summed E-state index contributed by atoms with van der Waals surface area (Å²) >= 11 is 0. The van der Waals surface area contributed by atoms with Crippen LogP contribution in [0.1, 0.15) is 44.6 Å². The third-order valence-corrected chi connectivity index (χ3v) is 3.68. The lowest BCUT2D eigenvalue weighted by Gasteiger charge is -2.35. The number of benzene rings is 1. The first-order chi connectivity index (χ1) is 7.59. The van der Waals surface area contributed by atoms with Gasteiger partial charge in [-0.2, -0.15) is 0 Å². The van der Waals surface area contributed by atoms with Crippen LogP contribution in [-0.2, 0) is 0 Å². The summed E-state index contributed by atoms with van der Waals surface area (Å²) in [7, 11) is 0. The van der Waals surface area contributed by atoms with Gasteiger partial charge in [0.1, 0.15) is 0 Å². The Morgan fingerprint density at radius 3 is 2.50 bits per heavy atom. The second kappa shape index (κ2) is 4.36. The average Bonchev–Trinajstić information content (AvgIpc) is 2.24. The van der Waals surface area contributed by atoms with Crippen LogP contribution in [0.3, 0.4) is 0 Å². The van der Waals surface area contributed by atoms with Crippen molar-refractivity contribution in [2.45, 2.75) is 51.5 Å². The molecule has 0 bridgehead atoms. The quantitative estimate of drug-likeness (QED) is 0.743. The topological polar surface area (TPSA) is 38.0 Å². The monoisotopic (exact) mass is 218 g/mol. The van der Waals surface area contributed by atoms with Crippen LogP contribution in [0.2, 0.25) is 0 Å². The molecule has 0 saturated heterocycles. The number of hydrogen-bond acceptors (Lipinski definition) is 2. The minimum absolute atomic E-state index is 0.264. The summed E-state index contributed by atoms with van der Waals surface area (Å²) in [6.07, 6.45) is 6.59. The van der Waals surface area contributed by atoms with E-state index in [0.717, 1.165) is 16.9 Å². The van der Waals surface area contributed by atoms with Gasteiger partial charge in [0.15, 0.2) is 0 Å². The molecule has 1 aromatic carbocycles. The van der Waals surface area contributed by atoms with E-state index in [1.807, 2.05) is 6.92 Å². The highest BCUT2D eigenvalue weighted by Crippen LogP contribution is 2.31. The van der Waals surface area contributed by atoms with Gasteiger partial charge in [-0.25, -0.2) is 0 Å². The lowest BCUT2D eigenvalue weighted by atomic mass is 9.83. The molecule has 0 spiro atoms. The van der Waals surface area contributed by atoms with Crippen molar-refractivity contribution in [1.82, 2.24) is 0 Å². The van der Waals surface area contributed by atoms with E-state index in [4.69, 9.17) is 5.73 Å². The summed E-state index contributed by atoms with van der Waals surface area (Å²) in [5, 5.41) is 3.65. The van der Waals surface area contributed by atoms with Gasteiger partial charge in [-0.1, -0.05) is 25.3 Å². The molecule has 3 N–H and O–H groups in total.